The van der Waals surface area contributed by atoms with E-state index in [9.17, 15) is 4.79 Å². The van der Waals surface area contributed by atoms with Crippen LogP contribution >= 0.6 is 0 Å². The maximum Gasteiger partial charge on any atom is 0.270 e. The number of pyridine rings is 1. The van der Waals surface area contributed by atoms with Gasteiger partial charge < -0.3 is 10.2 Å². The molecule has 0 radical (unpaired) electrons. The number of aryl methyl sites for hydroxylation is 2. The molecule has 1 fully saturated rings. The normalized spacial score (nSPS) is 16.2. The molecule has 1 N–H and O–H groups in total. The van der Waals surface area contributed by atoms with Gasteiger partial charge in [0.05, 0.1) is 5.69 Å². The largest absolute Gasteiger partial charge is 0.346 e. The molecule has 4 heterocycles. The minimum absolute atomic E-state index is 0.0220. The second kappa shape index (κ2) is 7.67. The molecule has 4 rings (SSSR count). The number of rotatable bonds is 4. The van der Waals surface area contributed by atoms with Crippen LogP contribution in [0.4, 0.5) is 5.95 Å². The van der Waals surface area contributed by atoms with Gasteiger partial charge in [0.1, 0.15) is 11.5 Å². The summed E-state index contributed by atoms with van der Waals surface area (Å²) in [7, 11) is 0. The van der Waals surface area contributed by atoms with Crippen molar-refractivity contribution in [1.29, 1.82) is 0 Å². The van der Waals surface area contributed by atoms with E-state index in [0.717, 1.165) is 29.9 Å². The molecule has 28 heavy (non-hydrogen) atoms. The first-order valence-electron chi connectivity index (χ1n) is 9.20. The number of carbonyl (C=O) groups is 1. The van der Waals surface area contributed by atoms with Gasteiger partial charge in [0.25, 0.3) is 5.91 Å². The Morgan fingerprint density at radius 3 is 2.86 bits per heavy atom. The second-order valence-corrected chi connectivity index (χ2v) is 6.83. The van der Waals surface area contributed by atoms with Gasteiger partial charge in [-0.3, -0.25) is 9.78 Å². The fourth-order valence-electron chi connectivity index (χ4n) is 3.33. The van der Waals surface area contributed by atoms with Crippen molar-refractivity contribution >= 4 is 11.9 Å². The van der Waals surface area contributed by atoms with Gasteiger partial charge in [-0.05, 0) is 44.5 Å². The molecule has 8 heteroatoms. The maximum atomic E-state index is 12.5. The van der Waals surface area contributed by atoms with Gasteiger partial charge in [-0.2, -0.15) is 0 Å². The Kier molecular flexibility index (Phi) is 4.92. The van der Waals surface area contributed by atoms with Crippen LogP contribution in [0.5, 0.6) is 0 Å². The Bertz CT molecular complexity index is 973. The molecule has 1 unspecified atom stereocenters. The number of hydrogen-bond acceptors (Lipinski definition) is 7. The highest BCUT2D eigenvalue weighted by Crippen LogP contribution is 2.21. The van der Waals surface area contributed by atoms with Crippen LogP contribution in [0.3, 0.4) is 0 Å². The molecular formula is C20H21N7O. The van der Waals surface area contributed by atoms with Crippen molar-refractivity contribution < 1.29 is 4.79 Å². The van der Waals surface area contributed by atoms with Crippen molar-refractivity contribution in [2.24, 2.45) is 0 Å². The van der Waals surface area contributed by atoms with Crippen molar-refractivity contribution in [2.75, 3.05) is 18.0 Å². The number of nitrogens with zero attached hydrogens (tertiary/aromatic N) is 6. The van der Waals surface area contributed by atoms with Crippen molar-refractivity contribution in [1.82, 2.24) is 30.2 Å². The van der Waals surface area contributed by atoms with Gasteiger partial charge in [-0.1, -0.05) is 0 Å². The summed E-state index contributed by atoms with van der Waals surface area (Å²) in [4.78, 5) is 36.3. The molecule has 1 atom stereocenters. The molecular weight excluding hydrogens is 354 g/mol. The Balaban J connectivity index is 1.44. The third-order valence-corrected chi connectivity index (χ3v) is 4.61. The minimum atomic E-state index is -0.175. The van der Waals surface area contributed by atoms with Crippen LogP contribution in [0.2, 0.25) is 0 Å². The Morgan fingerprint density at radius 2 is 2.07 bits per heavy atom. The van der Waals surface area contributed by atoms with E-state index < -0.39 is 0 Å². The average molecular weight is 375 g/mol. The van der Waals surface area contributed by atoms with E-state index in [1.165, 1.54) is 0 Å². The van der Waals surface area contributed by atoms with E-state index in [4.69, 9.17) is 0 Å². The maximum absolute atomic E-state index is 12.5. The SMILES string of the molecule is Cc1cc(C(=O)NC2CCN(c3nccc(-c4cccnc4)n3)C2)nc(C)n1. The van der Waals surface area contributed by atoms with Crippen LogP contribution in [0, 0.1) is 13.8 Å². The van der Waals surface area contributed by atoms with Crippen molar-refractivity contribution in [3.8, 4) is 11.3 Å². The summed E-state index contributed by atoms with van der Waals surface area (Å²) in [6, 6.07) is 7.45. The fraction of sp³-hybridized carbons (Fsp3) is 0.300. The molecule has 8 nitrogen and oxygen atoms in total. The van der Waals surface area contributed by atoms with Crippen LogP contribution in [0.25, 0.3) is 11.3 Å². The topological polar surface area (TPSA) is 96.8 Å². The average Bonchev–Trinajstić information content (AvgIpc) is 3.16. The highest BCUT2D eigenvalue weighted by atomic mass is 16.2. The zero-order valence-electron chi connectivity index (χ0n) is 15.8. The van der Waals surface area contributed by atoms with Crippen LogP contribution < -0.4 is 10.2 Å². The third kappa shape index (κ3) is 3.95. The second-order valence-electron chi connectivity index (χ2n) is 6.83. The lowest BCUT2D eigenvalue weighted by Gasteiger charge is -2.17. The summed E-state index contributed by atoms with van der Waals surface area (Å²) >= 11 is 0. The lowest BCUT2D eigenvalue weighted by atomic mass is 10.2. The molecule has 3 aromatic heterocycles. The van der Waals surface area contributed by atoms with Crippen molar-refractivity contribution in [3.63, 3.8) is 0 Å². The number of nitrogens with one attached hydrogen (secondary N) is 1. The van der Waals surface area contributed by atoms with Gasteiger partial charge in [-0.15, -0.1) is 0 Å². The van der Waals surface area contributed by atoms with Crippen LogP contribution in [-0.2, 0) is 0 Å². The molecule has 1 amide bonds. The summed E-state index contributed by atoms with van der Waals surface area (Å²) in [5, 5.41) is 3.06. The van der Waals surface area contributed by atoms with Gasteiger partial charge >= 0.3 is 0 Å². The molecule has 0 aliphatic carbocycles. The van der Waals surface area contributed by atoms with Crippen molar-refractivity contribution in [3.05, 3.63) is 60.1 Å². The first-order chi connectivity index (χ1) is 13.6. The lowest BCUT2D eigenvalue weighted by Crippen LogP contribution is -2.38. The predicted octanol–water partition coefficient (Wildman–Crippen LogP) is 1.95. The summed E-state index contributed by atoms with van der Waals surface area (Å²) < 4.78 is 0. The molecule has 142 valence electrons. The summed E-state index contributed by atoms with van der Waals surface area (Å²) in [6.45, 7) is 5.08. The summed E-state index contributed by atoms with van der Waals surface area (Å²) in [6.07, 6.45) is 6.10. The first-order valence-corrected chi connectivity index (χ1v) is 9.20. The summed E-state index contributed by atoms with van der Waals surface area (Å²) in [5.41, 5.74) is 2.96. The molecule has 1 saturated heterocycles. The molecule has 1 aliphatic heterocycles. The number of carbonyl (C=O) groups excluding carboxylic acids is 1. The quantitative estimate of drug-likeness (QED) is 0.744. The van der Waals surface area contributed by atoms with Crippen molar-refractivity contribution in [2.45, 2.75) is 26.3 Å². The molecule has 0 saturated carbocycles. The van der Waals surface area contributed by atoms with E-state index in [2.05, 4.69) is 35.1 Å². The van der Waals surface area contributed by atoms with Crippen LogP contribution in [0.15, 0.2) is 42.9 Å². The predicted molar refractivity (Wildman–Crippen MR) is 105 cm³/mol. The molecule has 0 bridgehead atoms. The van der Waals surface area contributed by atoms with E-state index in [-0.39, 0.29) is 11.9 Å². The molecule has 0 aromatic carbocycles. The molecule has 3 aromatic rings. The number of aromatic nitrogens is 5. The summed E-state index contributed by atoms with van der Waals surface area (Å²) in [5.74, 6) is 1.08. The highest BCUT2D eigenvalue weighted by Gasteiger charge is 2.26. The zero-order chi connectivity index (χ0) is 19.5. The number of hydrogen-bond donors (Lipinski definition) is 1. The minimum Gasteiger partial charge on any atom is -0.346 e. The van der Waals surface area contributed by atoms with Gasteiger partial charge in [-0.25, -0.2) is 19.9 Å². The Labute approximate surface area is 163 Å². The molecule has 0 spiro atoms. The number of anilines is 1. The first kappa shape index (κ1) is 18.0. The highest BCUT2D eigenvalue weighted by molar-refractivity contribution is 5.92. The van der Waals surface area contributed by atoms with Gasteiger partial charge in [0, 0.05) is 49.0 Å². The third-order valence-electron chi connectivity index (χ3n) is 4.61. The van der Waals surface area contributed by atoms with Crippen LogP contribution in [-0.4, -0.2) is 50.0 Å². The van der Waals surface area contributed by atoms with Gasteiger partial charge in [0.15, 0.2) is 0 Å². The monoisotopic (exact) mass is 375 g/mol. The Hall–Kier alpha value is -3.42. The Morgan fingerprint density at radius 1 is 1.18 bits per heavy atom. The standard InChI is InChI=1S/C20H21N7O/c1-13-10-18(24-14(2)23-13)19(28)25-16-6-9-27(12-16)20-22-8-5-17(26-20)15-4-3-7-21-11-15/h3-5,7-8,10-11,16H,6,9,12H2,1-2H3,(H,25,28). The zero-order valence-corrected chi connectivity index (χ0v) is 15.8. The van der Waals surface area contributed by atoms with E-state index in [0.29, 0.717) is 24.0 Å². The van der Waals surface area contributed by atoms with E-state index in [1.54, 1.807) is 31.6 Å². The van der Waals surface area contributed by atoms with Crippen LogP contribution in [0.1, 0.15) is 28.4 Å². The molecule has 1 aliphatic rings. The lowest BCUT2D eigenvalue weighted by molar-refractivity contribution is 0.0934. The smallest absolute Gasteiger partial charge is 0.270 e. The number of amides is 1. The van der Waals surface area contributed by atoms with E-state index >= 15 is 0 Å². The fourth-order valence-corrected chi connectivity index (χ4v) is 3.33. The van der Waals surface area contributed by atoms with Gasteiger partial charge in [0.2, 0.25) is 5.95 Å². The van der Waals surface area contributed by atoms with E-state index in [1.807, 2.05) is 25.1 Å².